The first-order valence-corrected chi connectivity index (χ1v) is 11.9. The molecule has 3 heterocycles. The normalized spacial score (nSPS) is 14.5. The number of ether oxygens (including phenoxy) is 1. The van der Waals surface area contributed by atoms with Gasteiger partial charge >= 0.3 is 0 Å². The number of anilines is 2. The molecule has 1 unspecified atom stereocenters. The van der Waals surface area contributed by atoms with E-state index in [2.05, 4.69) is 15.7 Å². The van der Waals surface area contributed by atoms with Gasteiger partial charge in [-0.05, 0) is 30.3 Å². The molecule has 0 aliphatic carbocycles. The summed E-state index contributed by atoms with van der Waals surface area (Å²) in [6, 6.07) is 14.1. The summed E-state index contributed by atoms with van der Waals surface area (Å²) in [5.74, 6) is 0.501. The molecule has 4 aromatic rings. The molecule has 2 aromatic heterocycles. The van der Waals surface area contributed by atoms with Gasteiger partial charge in [0.2, 0.25) is 11.8 Å². The van der Waals surface area contributed by atoms with E-state index in [1.165, 1.54) is 32.0 Å². The Morgan fingerprint density at radius 1 is 1.17 bits per heavy atom. The number of hydrogen-bond donors (Lipinski definition) is 2. The van der Waals surface area contributed by atoms with Crippen molar-refractivity contribution in [3.05, 3.63) is 65.1 Å². The summed E-state index contributed by atoms with van der Waals surface area (Å²) in [5, 5.41) is 10.8. The van der Waals surface area contributed by atoms with Crippen molar-refractivity contribution in [2.75, 3.05) is 23.5 Å². The minimum atomic E-state index is -0.357. The second-order valence-corrected chi connectivity index (χ2v) is 9.00. The number of hydrogen-bond acceptors (Lipinski definition) is 7. The highest BCUT2D eigenvalue weighted by molar-refractivity contribution is 7.99. The Hall–Kier alpha value is -4.12. The van der Waals surface area contributed by atoms with Crippen molar-refractivity contribution in [3.63, 3.8) is 0 Å². The van der Waals surface area contributed by atoms with Crippen LogP contribution in [0, 0.1) is 0 Å². The van der Waals surface area contributed by atoms with Crippen molar-refractivity contribution >= 4 is 46.0 Å². The molecule has 0 saturated heterocycles. The van der Waals surface area contributed by atoms with E-state index in [9.17, 15) is 14.4 Å². The molecular formula is C24H22N6O4S. The van der Waals surface area contributed by atoms with Crippen LogP contribution in [-0.4, -0.2) is 44.0 Å². The van der Waals surface area contributed by atoms with E-state index in [0.29, 0.717) is 39.1 Å². The third-order valence-electron chi connectivity index (χ3n) is 5.59. The number of nitrogens with zero attached hydrogens (tertiary/aromatic N) is 4. The molecule has 0 bridgehead atoms. The van der Waals surface area contributed by atoms with Gasteiger partial charge in [0.05, 0.1) is 30.7 Å². The highest BCUT2D eigenvalue weighted by atomic mass is 32.2. The van der Waals surface area contributed by atoms with Crippen molar-refractivity contribution in [2.45, 2.75) is 24.5 Å². The summed E-state index contributed by atoms with van der Waals surface area (Å²) in [5.41, 5.74) is 2.05. The average Bonchev–Trinajstić information content (AvgIpc) is 3.44. The maximum Gasteiger partial charge on any atom is 0.265 e. The second kappa shape index (κ2) is 9.26. The summed E-state index contributed by atoms with van der Waals surface area (Å²) in [4.78, 5) is 42.3. The number of aromatic nitrogens is 4. The molecule has 5 rings (SSSR count). The zero-order valence-electron chi connectivity index (χ0n) is 19.0. The fourth-order valence-electron chi connectivity index (χ4n) is 4.04. The van der Waals surface area contributed by atoms with Gasteiger partial charge in [0, 0.05) is 24.8 Å². The van der Waals surface area contributed by atoms with Crippen LogP contribution in [0.25, 0.3) is 16.7 Å². The first kappa shape index (κ1) is 22.7. The minimum absolute atomic E-state index is 0.0768. The molecule has 1 aliphatic heterocycles. The first-order valence-electron chi connectivity index (χ1n) is 10.9. The molecular weight excluding hydrogens is 468 g/mol. The molecule has 11 heteroatoms. The highest BCUT2D eigenvalue weighted by Gasteiger charge is 2.30. The fourth-order valence-corrected chi connectivity index (χ4v) is 5.17. The topological polar surface area (TPSA) is 120 Å². The molecule has 0 fully saturated rings. The fraction of sp³-hybridized carbons (Fsp3) is 0.208. The van der Waals surface area contributed by atoms with Crippen molar-refractivity contribution < 1.29 is 14.3 Å². The number of fused-ring (bicyclic) bond motifs is 2. The van der Waals surface area contributed by atoms with Crippen LogP contribution in [0.4, 0.5) is 11.4 Å². The largest absolute Gasteiger partial charge is 0.495 e. The Labute approximate surface area is 204 Å². The Morgan fingerprint density at radius 2 is 1.97 bits per heavy atom. The predicted octanol–water partition coefficient (Wildman–Crippen LogP) is 3.22. The number of methoxy groups -OCH3 is 1. The molecule has 35 heavy (non-hydrogen) atoms. The molecule has 0 radical (unpaired) electrons. The third kappa shape index (κ3) is 4.37. The van der Waals surface area contributed by atoms with E-state index in [1.807, 2.05) is 30.3 Å². The van der Waals surface area contributed by atoms with Gasteiger partial charge in [0.15, 0.2) is 10.8 Å². The number of carbonyl (C=O) groups excluding carboxylic acids is 2. The van der Waals surface area contributed by atoms with E-state index in [1.54, 1.807) is 27.4 Å². The lowest BCUT2D eigenvalue weighted by Gasteiger charge is -2.15. The van der Waals surface area contributed by atoms with Crippen LogP contribution in [0.5, 0.6) is 5.75 Å². The van der Waals surface area contributed by atoms with Gasteiger partial charge in [-0.25, -0.2) is 9.67 Å². The van der Waals surface area contributed by atoms with Crippen LogP contribution in [0.1, 0.15) is 19.4 Å². The van der Waals surface area contributed by atoms with E-state index >= 15 is 0 Å². The van der Waals surface area contributed by atoms with Crippen LogP contribution in [0.2, 0.25) is 0 Å². The molecule has 0 saturated carbocycles. The summed E-state index contributed by atoms with van der Waals surface area (Å²) in [7, 11) is 1.50. The van der Waals surface area contributed by atoms with Gasteiger partial charge in [0.1, 0.15) is 11.1 Å². The number of rotatable bonds is 6. The molecule has 2 aromatic carbocycles. The lowest BCUT2D eigenvalue weighted by atomic mass is 10.2. The number of thioether (sulfide) groups is 1. The standard InChI is InChI=1S/C24H22N6O4S/c1-14(31)26-15-8-9-20(34-2)19(10-15)27-21(32)11-17-13-35-24-28-22-18(23(33)29(17)24)12-25-30(22)16-6-4-3-5-7-16/h3-10,12,17H,11,13H2,1-2H3,(H,26,31)(H,27,32). The van der Waals surface area contributed by atoms with Crippen molar-refractivity contribution in [1.29, 1.82) is 0 Å². The number of amides is 2. The third-order valence-corrected chi connectivity index (χ3v) is 6.68. The van der Waals surface area contributed by atoms with E-state index in [4.69, 9.17) is 9.72 Å². The van der Waals surface area contributed by atoms with Crippen molar-refractivity contribution in [1.82, 2.24) is 19.3 Å². The zero-order chi connectivity index (χ0) is 24.5. The molecule has 1 atom stereocenters. The number of nitrogens with one attached hydrogen (secondary N) is 2. The quantitative estimate of drug-likeness (QED) is 0.398. The summed E-state index contributed by atoms with van der Waals surface area (Å²) in [6.07, 6.45) is 1.59. The van der Waals surface area contributed by atoms with Gasteiger partial charge < -0.3 is 15.4 Å². The Kier molecular flexibility index (Phi) is 6.00. The smallest absolute Gasteiger partial charge is 0.265 e. The molecule has 10 nitrogen and oxygen atoms in total. The van der Waals surface area contributed by atoms with E-state index < -0.39 is 0 Å². The SMILES string of the molecule is COc1ccc(NC(C)=O)cc1NC(=O)CC1CSc2nc3c(cnn3-c3ccccc3)c(=O)n21. The summed E-state index contributed by atoms with van der Waals surface area (Å²) < 4.78 is 8.56. The van der Waals surface area contributed by atoms with Crippen molar-refractivity contribution in [2.24, 2.45) is 0 Å². The van der Waals surface area contributed by atoms with E-state index in [0.717, 1.165) is 5.69 Å². The molecule has 1 aliphatic rings. The van der Waals surface area contributed by atoms with Crippen LogP contribution in [0.15, 0.2) is 64.7 Å². The van der Waals surface area contributed by atoms with Crippen molar-refractivity contribution in [3.8, 4) is 11.4 Å². The maximum absolute atomic E-state index is 13.3. The van der Waals surface area contributed by atoms with Gasteiger partial charge in [-0.2, -0.15) is 5.10 Å². The lowest BCUT2D eigenvalue weighted by molar-refractivity contribution is -0.117. The number of para-hydroxylation sites is 1. The van der Waals surface area contributed by atoms with Crippen LogP contribution >= 0.6 is 11.8 Å². The maximum atomic E-state index is 13.3. The Bertz CT molecular complexity index is 1500. The van der Waals surface area contributed by atoms with E-state index in [-0.39, 0.29) is 29.8 Å². The second-order valence-electron chi connectivity index (χ2n) is 8.01. The average molecular weight is 491 g/mol. The first-order chi connectivity index (χ1) is 16.9. The zero-order valence-corrected chi connectivity index (χ0v) is 19.8. The molecule has 2 amide bonds. The Balaban J connectivity index is 1.40. The molecule has 2 N–H and O–H groups in total. The molecule has 0 spiro atoms. The van der Waals surface area contributed by atoms with Gasteiger partial charge in [-0.3, -0.25) is 19.0 Å². The number of benzene rings is 2. The number of carbonyl (C=O) groups is 2. The molecule has 178 valence electrons. The summed E-state index contributed by atoms with van der Waals surface area (Å²) in [6.45, 7) is 1.41. The Morgan fingerprint density at radius 3 is 2.71 bits per heavy atom. The monoisotopic (exact) mass is 490 g/mol. The predicted molar refractivity (Wildman–Crippen MR) is 133 cm³/mol. The minimum Gasteiger partial charge on any atom is -0.495 e. The van der Waals surface area contributed by atoms with Gasteiger partial charge in [0.25, 0.3) is 5.56 Å². The summed E-state index contributed by atoms with van der Waals surface area (Å²) >= 11 is 1.44. The van der Waals surface area contributed by atoms with Gasteiger partial charge in [-0.1, -0.05) is 30.0 Å². The van der Waals surface area contributed by atoms with Crippen LogP contribution in [0.3, 0.4) is 0 Å². The van der Waals surface area contributed by atoms with Gasteiger partial charge in [-0.15, -0.1) is 0 Å². The van der Waals surface area contributed by atoms with Crippen LogP contribution < -0.4 is 20.9 Å². The van der Waals surface area contributed by atoms with Crippen LogP contribution in [-0.2, 0) is 9.59 Å². The highest BCUT2D eigenvalue weighted by Crippen LogP contribution is 2.34. The lowest BCUT2D eigenvalue weighted by Crippen LogP contribution is -2.27.